The van der Waals surface area contributed by atoms with Crippen LogP contribution in [0.2, 0.25) is 0 Å². The third-order valence-electron chi connectivity index (χ3n) is 4.15. The summed E-state index contributed by atoms with van der Waals surface area (Å²) in [4.78, 5) is 15.6. The number of hydrogen-bond donors (Lipinski definition) is 4. The summed E-state index contributed by atoms with van der Waals surface area (Å²) >= 11 is 0. The average molecular weight is 410 g/mol. The highest BCUT2D eigenvalue weighted by atomic mass is 16.5. The van der Waals surface area contributed by atoms with E-state index in [1.54, 1.807) is 51.5 Å². The van der Waals surface area contributed by atoms with Crippen LogP contribution in [0.15, 0.2) is 64.5 Å². The van der Waals surface area contributed by atoms with E-state index >= 15 is 0 Å². The SMILES string of the molecule is C=C(\C=C/C(=C\C)C(/C)=N/N=C(N)N)NC(=O)c1cc2cc(OC)c(OC)cc2[nH]1. The third-order valence-corrected chi connectivity index (χ3v) is 4.15. The molecule has 1 heterocycles. The van der Waals surface area contributed by atoms with Gasteiger partial charge in [0.05, 0.1) is 19.9 Å². The van der Waals surface area contributed by atoms with Crippen LogP contribution in [0.5, 0.6) is 11.5 Å². The molecule has 0 fully saturated rings. The highest BCUT2D eigenvalue weighted by Gasteiger charge is 2.13. The number of aromatic nitrogens is 1. The summed E-state index contributed by atoms with van der Waals surface area (Å²) in [5, 5.41) is 11.1. The van der Waals surface area contributed by atoms with Crippen LogP contribution in [0.3, 0.4) is 0 Å². The molecule has 9 heteroatoms. The number of hydrogen-bond acceptors (Lipinski definition) is 5. The maximum atomic E-state index is 12.6. The van der Waals surface area contributed by atoms with Gasteiger partial charge in [-0.3, -0.25) is 4.79 Å². The van der Waals surface area contributed by atoms with Gasteiger partial charge < -0.3 is 31.2 Å². The normalized spacial score (nSPS) is 12.1. The summed E-state index contributed by atoms with van der Waals surface area (Å²) in [6.45, 7) is 7.48. The quantitative estimate of drug-likeness (QED) is 0.229. The van der Waals surface area contributed by atoms with Crippen molar-refractivity contribution in [2.24, 2.45) is 21.7 Å². The molecule has 0 saturated carbocycles. The standard InChI is InChI=1S/C21H26N6O3/c1-6-14(13(3)26-27-21(22)23)8-7-12(2)24-20(28)17-9-15-10-18(29-4)19(30-5)11-16(15)25-17/h6-11,25H,2H2,1,3-5H3,(H,24,28)(H4,22,23,27)/b8-7-,14-6+,26-13+. The second kappa shape index (κ2) is 9.97. The molecule has 0 bridgehead atoms. The van der Waals surface area contributed by atoms with E-state index in [1.807, 2.05) is 13.0 Å². The monoisotopic (exact) mass is 410 g/mol. The number of benzene rings is 1. The summed E-state index contributed by atoms with van der Waals surface area (Å²) in [6.07, 6.45) is 5.26. The van der Waals surface area contributed by atoms with E-state index in [4.69, 9.17) is 20.9 Å². The van der Waals surface area contributed by atoms with Gasteiger partial charge in [-0.25, -0.2) is 0 Å². The summed E-state index contributed by atoms with van der Waals surface area (Å²) in [5.74, 6) is 0.702. The number of methoxy groups -OCH3 is 2. The van der Waals surface area contributed by atoms with E-state index in [0.29, 0.717) is 28.6 Å². The first-order valence-electron chi connectivity index (χ1n) is 9.02. The van der Waals surface area contributed by atoms with E-state index in [0.717, 1.165) is 16.5 Å². The van der Waals surface area contributed by atoms with E-state index in [2.05, 4.69) is 27.1 Å². The molecule has 2 aromatic rings. The zero-order valence-corrected chi connectivity index (χ0v) is 17.4. The Morgan fingerprint density at radius 3 is 2.40 bits per heavy atom. The molecule has 0 unspecified atom stereocenters. The van der Waals surface area contributed by atoms with Crippen molar-refractivity contribution in [3.63, 3.8) is 0 Å². The first-order chi connectivity index (χ1) is 14.3. The molecule has 1 amide bonds. The van der Waals surface area contributed by atoms with Gasteiger partial charge in [0.15, 0.2) is 11.5 Å². The third kappa shape index (κ3) is 5.51. The summed E-state index contributed by atoms with van der Waals surface area (Å²) < 4.78 is 10.6. The van der Waals surface area contributed by atoms with Gasteiger partial charge >= 0.3 is 0 Å². The van der Waals surface area contributed by atoms with Crippen LogP contribution in [0.25, 0.3) is 10.9 Å². The average Bonchev–Trinajstić information content (AvgIpc) is 3.14. The number of aromatic amines is 1. The molecular weight excluding hydrogens is 384 g/mol. The van der Waals surface area contributed by atoms with Gasteiger partial charge in [0.25, 0.3) is 5.91 Å². The van der Waals surface area contributed by atoms with Crippen molar-refractivity contribution in [2.75, 3.05) is 14.2 Å². The molecule has 30 heavy (non-hydrogen) atoms. The summed E-state index contributed by atoms with van der Waals surface area (Å²) in [6, 6.07) is 5.30. The number of nitrogens with zero attached hydrogens (tertiary/aromatic N) is 2. The lowest BCUT2D eigenvalue weighted by molar-refractivity contribution is 0.0963. The Labute approximate surface area is 174 Å². The molecular formula is C21H26N6O3. The lowest BCUT2D eigenvalue weighted by Crippen LogP contribution is -2.22. The summed E-state index contributed by atoms with van der Waals surface area (Å²) in [7, 11) is 3.11. The van der Waals surface area contributed by atoms with Crippen LogP contribution in [0.1, 0.15) is 24.3 Å². The highest BCUT2D eigenvalue weighted by Crippen LogP contribution is 2.32. The van der Waals surface area contributed by atoms with Crippen molar-refractivity contribution in [3.8, 4) is 11.5 Å². The number of ether oxygens (including phenoxy) is 2. The number of carbonyl (C=O) groups is 1. The van der Waals surface area contributed by atoms with Gasteiger partial charge in [-0.2, -0.15) is 5.10 Å². The number of fused-ring (bicyclic) bond motifs is 1. The number of H-pyrrole nitrogens is 1. The molecule has 9 nitrogen and oxygen atoms in total. The van der Waals surface area contributed by atoms with E-state index in [9.17, 15) is 4.79 Å². The second-order valence-corrected chi connectivity index (χ2v) is 6.24. The number of nitrogens with one attached hydrogen (secondary N) is 2. The molecule has 0 aliphatic rings. The van der Waals surface area contributed by atoms with Gasteiger partial charge in [-0.1, -0.05) is 18.7 Å². The number of amides is 1. The van der Waals surface area contributed by atoms with Crippen molar-refractivity contribution in [1.29, 1.82) is 0 Å². The Morgan fingerprint density at radius 2 is 1.80 bits per heavy atom. The first kappa shape index (κ1) is 22.3. The Kier molecular flexibility index (Phi) is 7.40. The molecule has 1 aromatic carbocycles. The molecule has 0 radical (unpaired) electrons. The molecule has 2 rings (SSSR count). The maximum Gasteiger partial charge on any atom is 0.272 e. The second-order valence-electron chi connectivity index (χ2n) is 6.24. The van der Waals surface area contributed by atoms with Crippen LogP contribution in [0.4, 0.5) is 0 Å². The molecule has 0 saturated heterocycles. The van der Waals surface area contributed by atoms with E-state index in [-0.39, 0.29) is 11.9 Å². The number of allylic oxidation sites excluding steroid dienone is 4. The van der Waals surface area contributed by atoms with Gasteiger partial charge in [0.2, 0.25) is 5.96 Å². The Morgan fingerprint density at radius 1 is 1.13 bits per heavy atom. The maximum absolute atomic E-state index is 12.6. The van der Waals surface area contributed by atoms with Crippen LogP contribution in [-0.2, 0) is 0 Å². The van der Waals surface area contributed by atoms with Crippen molar-refractivity contribution in [2.45, 2.75) is 13.8 Å². The van der Waals surface area contributed by atoms with Crippen LogP contribution < -0.4 is 26.3 Å². The summed E-state index contributed by atoms with van der Waals surface area (Å²) in [5.41, 5.74) is 13.5. The number of carbonyl (C=O) groups excluding carboxylic acids is 1. The number of rotatable bonds is 8. The topological polar surface area (TPSA) is 140 Å². The van der Waals surface area contributed by atoms with Crippen molar-refractivity contribution >= 4 is 28.5 Å². The molecule has 0 aliphatic heterocycles. The molecule has 0 atom stereocenters. The fourth-order valence-electron chi connectivity index (χ4n) is 2.64. The highest BCUT2D eigenvalue weighted by molar-refractivity contribution is 6.01. The fraction of sp³-hybridized carbons (Fsp3) is 0.190. The van der Waals surface area contributed by atoms with E-state index < -0.39 is 0 Å². The first-order valence-corrected chi connectivity index (χ1v) is 9.02. The number of nitrogens with two attached hydrogens (primary N) is 2. The number of guanidine groups is 1. The minimum atomic E-state index is -0.327. The predicted octanol–water partition coefficient (Wildman–Crippen LogP) is 2.58. The molecule has 0 spiro atoms. The molecule has 158 valence electrons. The van der Waals surface area contributed by atoms with Gasteiger partial charge in [0, 0.05) is 22.7 Å². The minimum Gasteiger partial charge on any atom is -0.493 e. The van der Waals surface area contributed by atoms with Crippen molar-refractivity contribution < 1.29 is 14.3 Å². The Hall–Kier alpha value is -4.01. The van der Waals surface area contributed by atoms with Gasteiger partial charge in [0.1, 0.15) is 5.69 Å². The lowest BCUT2D eigenvalue weighted by Gasteiger charge is -2.06. The van der Waals surface area contributed by atoms with E-state index in [1.165, 1.54) is 0 Å². The molecule has 6 N–H and O–H groups in total. The van der Waals surface area contributed by atoms with Crippen LogP contribution in [-0.4, -0.2) is 36.8 Å². The van der Waals surface area contributed by atoms with Gasteiger partial charge in [-0.15, -0.1) is 5.10 Å². The zero-order valence-electron chi connectivity index (χ0n) is 17.4. The predicted molar refractivity (Wildman–Crippen MR) is 120 cm³/mol. The smallest absolute Gasteiger partial charge is 0.272 e. The minimum absolute atomic E-state index is 0.126. The zero-order chi connectivity index (χ0) is 22.3. The lowest BCUT2D eigenvalue weighted by atomic mass is 10.1. The van der Waals surface area contributed by atoms with Crippen LogP contribution in [0, 0.1) is 0 Å². The Balaban J connectivity index is 2.13. The van der Waals surface area contributed by atoms with Crippen molar-refractivity contribution in [3.05, 3.63) is 60.0 Å². The largest absolute Gasteiger partial charge is 0.493 e. The van der Waals surface area contributed by atoms with Gasteiger partial charge in [-0.05, 0) is 37.6 Å². The Bertz CT molecular complexity index is 1030. The molecule has 0 aliphatic carbocycles. The van der Waals surface area contributed by atoms with Crippen LogP contribution >= 0.6 is 0 Å². The van der Waals surface area contributed by atoms with Crippen molar-refractivity contribution in [1.82, 2.24) is 10.3 Å². The molecule has 1 aromatic heterocycles. The fourth-order valence-corrected chi connectivity index (χ4v) is 2.64.